The molecule has 0 aliphatic heterocycles. The van der Waals surface area contributed by atoms with Gasteiger partial charge in [-0.15, -0.1) is 0 Å². The van der Waals surface area contributed by atoms with E-state index in [1.54, 1.807) is 12.1 Å². The molecule has 114 valence electrons. The van der Waals surface area contributed by atoms with Crippen LogP contribution in [0.5, 0.6) is 5.75 Å². The number of benzene rings is 2. The van der Waals surface area contributed by atoms with Gasteiger partial charge in [-0.05, 0) is 30.0 Å². The molecule has 4 heteroatoms. The molecular weight excluding hydrogens is 292 g/mol. The van der Waals surface area contributed by atoms with E-state index in [0.29, 0.717) is 12.0 Å². The molecule has 2 aliphatic carbocycles. The van der Waals surface area contributed by atoms with Gasteiger partial charge in [0.2, 0.25) is 0 Å². The van der Waals surface area contributed by atoms with E-state index in [0.717, 1.165) is 12.0 Å². The SMILES string of the molecule is CC1CC(=O)c2c(ccc3c2C(=O)c2cccc(O)c2C3=O)C1. The van der Waals surface area contributed by atoms with Crippen molar-refractivity contribution in [2.75, 3.05) is 0 Å². The second-order valence-electron chi connectivity index (χ2n) is 6.32. The molecule has 1 unspecified atom stereocenters. The molecule has 0 amide bonds. The average Bonchev–Trinajstić information content (AvgIpc) is 2.51. The predicted octanol–water partition coefficient (Wildman–Crippen LogP) is 2.93. The molecule has 0 fully saturated rings. The van der Waals surface area contributed by atoms with Crippen molar-refractivity contribution < 1.29 is 19.5 Å². The molecule has 0 saturated heterocycles. The minimum atomic E-state index is -0.401. The van der Waals surface area contributed by atoms with E-state index in [4.69, 9.17) is 0 Å². The Morgan fingerprint density at radius 1 is 0.870 bits per heavy atom. The average molecular weight is 306 g/mol. The van der Waals surface area contributed by atoms with Gasteiger partial charge >= 0.3 is 0 Å². The third-order valence-corrected chi connectivity index (χ3v) is 4.66. The fourth-order valence-electron chi connectivity index (χ4n) is 3.66. The van der Waals surface area contributed by atoms with Gasteiger partial charge in [-0.1, -0.05) is 25.1 Å². The summed E-state index contributed by atoms with van der Waals surface area (Å²) in [5.74, 6) is -0.810. The van der Waals surface area contributed by atoms with Crippen molar-refractivity contribution in [3.05, 3.63) is 63.7 Å². The number of carbonyl (C=O) groups excluding carboxylic acids is 3. The Balaban J connectivity index is 2.03. The zero-order chi connectivity index (χ0) is 16.3. The fraction of sp³-hybridized carbons (Fsp3) is 0.211. The lowest BCUT2D eigenvalue weighted by Crippen LogP contribution is -2.28. The Kier molecular flexibility index (Phi) is 2.79. The topological polar surface area (TPSA) is 71.4 Å². The maximum atomic E-state index is 12.9. The molecule has 4 nitrogen and oxygen atoms in total. The fourth-order valence-corrected chi connectivity index (χ4v) is 3.66. The van der Waals surface area contributed by atoms with Gasteiger partial charge in [-0.2, -0.15) is 0 Å². The number of Topliss-reactive ketones (excluding diaryl/α,β-unsaturated/α-hetero) is 1. The van der Waals surface area contributed by atoms with Crippen LogP contribution >= 0.6 is 0 Å². The van der Waals surface area contributed by atoms with Gasteiger partial charge in [0, 0.05) is 28.7 Å². The summed E-state index contributed by atoms with van der Waals surface area (Å²) in [6.07, 6.45) is 1.11. The molecule has 2 aromatic rings. The van der Waals surface area contributed by atoms with Crippen molar-refractivity contribution in [2.24, 2.45) is 5.92 Å². The van der Waals surface area contributed by atoms with E-state index < -0.39 is 5.78 Å². The molecular formula is C19H14O4. The number of rotatable bonds is 0. The summed E-state index contributed by atoms with van der Waals surface area (Å²) in [7, 11) is 0. The Hall–Kier alpha value is -2.75. The van der Waals surface area contributed by atoms with E-state index in [9.17, 15) is 19.5 Å². The molecule has 0 aromatic heterocycles. The number of fused-ring (bicyclic) bond motifs is 4. The minimum absolute atomic E-state index is 0.0292. The molecule has 0 bridgehead atoms. The molecule has 0 heterocycles. The van der Waals surface area contributed by atoms with Gasteiger partial charge in [0.1, 0.15) is 5.75 Å². The quantitative estimate of drug-likeness (QED) is 0.693. The zero-order valence-electron chi connectivity index (χ0n) is 12.6. The zero-order valence-corrected chi connectivity index (χ0v) is 12.6. The second-order valence-corrected chi connectivity index (χ2v) is 6.32. The lowest BCUT2D eigenvalue weighted by atomic mass is 9.74. The van der Waals surface area contributed by atoms with Crippen LogP contribution in [0, 0.1) is 5.92 Å². The van der Waals surface area contributed by atoms with Crippen molar-refractivity contribution in [2.45, 2.75) is 19.8 Å². The molecule has 2 aliphatic rings. The number of aromatic hydroxyl groups is 1. The summed E-state index contributed by atoms with van der Waals surface area (Å²) in [5.41, 5.74) is 1.85. The Morgan fingerprint density at radius 3 is 2.35 bits per heavy atom. The predicted molar refractivity (Wildman–Crippen MR) is 83.2 cm³/mol. The first-order chi connectivity index (χ1) is 11.0. The normalized spacial score (nSPS) is 19.2. The number of phenols is 1. The monoisotopic (exact) mass is 306 g/mol. The highest BCUT2D eigenvalue weighted by atomic mass is 16.3. The molecule has 23 heavy (non-hydrogen) atoms. The number of carbonyl (C=O) groups is 3. The van der Waals surface area contributed by atoms with Crippen LogP contribution in [0.2, 0.25) is 0 Å². The lowest BCUT2D eigenvalue weighted by molar-refractivity contribution is 0.0935. The van der Waals surface area contributed by atoms with Crippen molar-refractivity contribution in [1.82, 2.24) is 0 Å². The third-order valence-electron chi connectivity index (χ3n) is 4.66. The van der Waals surface area contributed by atoms with Crippen LogP contribution in [0.25, 0.3) is 0 Å². The van der Waals surface area contributed by atoms with Gasteiger partial charge in [-0.25, -0.2) is 0 Å². The Labute approximate surface area is 132 Å². The van der Waals surface area contributed by atoms with E-state index in [-0.39, 0.29) is 45.5 Å². The largest absolute Gasteiger partial charge is 0.507 e. The van der Waals surface area contributed by atoms with Crippen molar-refractivity contribution in [3.8, 4) is 5.75 Å². The molecule has 2 aromatic carbocycles. The van der Waals surface area contributed by atoms with E-state index >= 15 is 0 Å². The summed E-state index contributed by atoms with van der Waals surface area (Å²) in [5, 5.41) is 9.96. The maximum Gasteiger partial charge on any atom is 0.198 e. The lowest BCUT2D eigenvalue weighted by Gasteiger charge is -2.26. The van der Waals surface area contributed by atoms with Crippen LogP contribution in [0.15, 0.2) is 30.3 Å². The van der Waals surface area contributed by atoms with E-state index in [1.165, 1.54) is 18.2 Å². The van der Waals surface area contributed by atoms with E-state index in [1.807, 2.05) is 6.92 Å². The van der Waals surface area contributed by atoms with Gasteiger partial charge in [0.25, 0.3) is 0 Å². The summed E-state index contributed by atoms with van der Waals surface area (Å²) in [6, 6.07) is 7.81. The summed E-state index contributed by atoms with van der Waals surface area (Å²) in [6.45, 7) is 2.00. The Morgan fingerprint density at radius 2 is 1.57 bits per heavy atom. The van der Waals surface area contributed by atoms with Crippen molar-refractivity contribution in [3.63, 3.8) is 0 Å². The van der Waals surface area contributed by atoms with Crippen LogP contribution in [0.4, 0.5) is 0 Å². The molecule has 1 N–H and O–H groups in total. The summed E-state index contributed by atoms with van der Waals surface area (Å²) < 4.78 is 0. The van der Waals surface area contributed by atoms with Crippen LogP contribution in [0.1, 0.15) is 61.1 Å². The first kappa shape index (κ1) is 13.9. The smallest absolute Gasteiger partial charge is 0.198 e. The summed E-state index contributed by atoms with van der Waals surface area (Å²) >= 11 is 0. The molecule has 4 rings (SSSR count). The van der Waals surface area contributed by atoms with Gasteiger partial charge in [-0.3, -0.25) is 14.4 Å². The highest BCUT2D eigenvalue weighted by Gasteiger charge is 2.37. The maximum absolute atomic E-state index is 12.9. The van der Waals surface area contributed by atoms with Crippen molar-refractivity contribution >= 4 is 17.3 Å². The van der Waals surface area contributed by atoms with Crippen molar-refractivity contribution in [1.29, 1.82) is 0 Å². The van der Waals surface area contributed by atoms with Crippen LogP contribution < -0.4 is 0 Å². The van der Waals surface area contributed by atoms with Crippen LogP contribution in [0.3, 0.4) is 0 Å². The van der Waals surface area contributed by atoms with Gasteiger partial charge in [0.05, 0.1) is 5.56 Å². The Bertz CT molecular complexity index is 908. The number of ketones is 3. The standard InChI is InChI=1S/C19H14O4/c1-9-7-10-5-6-12-17(15(10)14(21)8-9)19(23)11-3-2-4-13(20)16(11)18(12)22/h2-6,9,20H,7-8H2,1H3. The first-order valence-corrected chi connectivity index (χ1v) is 7.59. The number of hydrogen-bond acceptors (Lipinski definition) is 4. The number of phenolic OH excluding ortho intramolecular Hbond substituents is 1. The van der Waals surface area contributed by atoms with Gasteiger partial charge in [0.15, 0.2) is 17.3 Å². The van der Waals surface area contributed by atoms with E-state index in [2.05, 4.69) is 0 Å². The molecule has 0 spiro atoms. The van der Waals surface area contributed by atoms with Crippen LogP contribution in [-0.2, 0) is 6.42 Å². The summed E-state index contributed by atoms with van der Waals surface area (Å²) in [4.78, 5) is 38.1. The molecule has 0 radical (unpaired) electrons. The van der Waals surface area contributed by atoms with Crippen LogP contribution in [-0.4, -0.2) is 22.5 Å². The molecule has 0 saturated carbocycles. The highest BCUT2D eigenvalue weighted by molar-refractivity contribution is 6.32. The minimum Gasteiger partial charge on any atom is -0.507 e. The third kappa shape index (κ3) is 1.81. The highest BCUT2D eigenvalue weighted by Crippen LogP contribution is 2.37. The number of hydrogen-bond donors (Lipinski definition) is 1. The first-order valence-electron chi connectivity index (χ1n) is 7.59. The second kappa shape index (κ2) is 4.62. The van der Waals surface area contributed by atoms with Gasteiger partial charge < -0.3 is 5.11 Å². The molecule has 1 atom stereocenters.